The highest BCUT2D eigenvalue weighted by Crippen LogP contribution is 2.08. The Morgan fingerprint density at radius 1 is 1.36 bits per heavy atom. The monoisotopic (exact) mass is 170 g/mol. The van der Waals surface area contributed by atoms with E-state index in [4.69, 9.17) is 4.43 Å². The molecule has 0 aliphatic carbocycles. The number of rotatable bonds is 3. The molecule has 0 aliphatic rings. The van der Waals surface area contributed by atoms with Gasteiger partial charge in [0.05, 0.1) is 0 Å². The average Bonchev–Trinajstić information content (AvgIpc) is 1.84. The van der Waals surface area contributed by atoms with Crippen LogP contribution in [0, 0.1) is 11.8 Å². The first-order chi connectivity index (χ1) is 4.99. The van der Waals surface area contributed by atoms with Crippen LogP contribution in [0.1, 0.15) is 20.3 Å². The second-order valence-corrected chi connectivity index (χ2v) is 7.98. The van der Waals surface area contributed by atoms with Crippen LogP contribution in [-0.4, -0.2) is 14.4 Å². The molecule has 0 aromatic rings. The van der Waals surface area contributed by atoms with Gasteiger partial charge in [-0.15, -0.1) is 5.92 Å². The van der Waals surface area contributed by atoms with E-state index in [0.29, 0.717) is 0 Å². The third-order valence-corrected chi connectivity index (χ3v) is 2.16. The number of hydrogen-bond acceptors (Lipinski definition) is 1. The fraction of sp³-hybridized carbons (Fsp3) is 0.778. The number of hydrogen-bond donors (Lipinski definition) is 0. The minimum atomic E-state index is -1.38. The van der Waals surface area contributed by atoms with Crippen molar-refractivity contribution in [1.82, 2.24) is 0 Å². The fourth-order valence-electron chi connectivity index (χ4n) is 0.803. The lowest BCUT2D eigenvalue weighted by molar-refractivity contribution is 0.247. The molecule has 1 nitrogen and oxygen atoms in total. The largest absolute Gasteiger partial charge is 0.404 e. The summed E-state index contributed by atoms with van der Waals surface area (Å²) in [6.07, 6.45) is 1.15. The normalized spacial score (nSPS) is 13.5. The van der Waals surface area contributed by atoms with Crippen LogP contribution in [-0.2, 0) is 4.43 Å². The van der Waals surface area contributed by atoms with E-state index < -0.39 is 8.32 Å². The molecule has 0 aromatic carbocycles. The molecule has 0 N–H and O–H groups in total. The summed E-state index contributed by atoms with van der Waals surface area (Å²) in [6, 6.07) is 0. The van der Waals surface area contributed by atoms with E-state index in [9.17, 15) is 0 Å². The van der Waals surface area contributed by atoms with E-state index in [1.165, 1.54) is 0 Å². The zero-order valence-electron chi connectivity index (χ0n) is 8.19. The maximum Gasteiger partial charge on any atom is 0.185 e. The van der Waals surface area contributed by atoms with Crippen molar-refractivity contribution in [2.24, 2.45) is 0 Å². The van der Waals surface area contributed by atoms with Crippen molar-refractivity contribution in [1.29, 1.82) is 0 Å². The van der Waals surface area contributed by atoms with Crippen LogP contribution in [0.4, 0.5) is 0 Å². The third kappa shape index (κ3) is 6.15. The van der Waals surface area contributed by atoms with Crippen LogP contribution >= 0.6 is 0 Å². The quantitative estimate of drug-likeness (QED) is 0.467. The van der Waals surface area contributed by atoms with Gasteiger partial charge in [0.15, 0.2) is 8.32 Å². The molecule has 0 rings (SSSR count). The maximum absolute atomic E-state index is 5.79. The van der Waals surface area contributed by atoms with Gasteiger partial charge in [-0.25, -0.2) is 0 Å². The summed E-state index contributed by atoms with van der Waals surface area (Å²) in [5.41, 5.74) is 0. The summed E-state index contributed by atoms with van der Waals surface area (Å²) < 4.78 is 5.79. The van der Waals surface area contributed by atoms with Crippen LogP contribution in [0.3, 0.4) is 0 Å². The van der Waals surface area contributed by atoms with Crippen molar-refractivity contribution in [2.75, 3.05) is 0 Å². The minimum Gasteiger partial charge on any atom is -0.404 e. The first-order valence-corrected chi connectivity index (χ1v) is 7.50. The molecule has 0 radical (unpaired) electrons. The van der Waals surface area contributed by atoms with Gasteiger partial charge < -0.3 is 4.43 Å². The van der Waals surface area contributed by atoms with Gasteiger partial charge in [0.2, 0.25) is 0 Å². The van der Waals surface area contributed by atoms with E-state index in [1.807, 2.05) is 6.92 Å². The van der Waals surface area contributed by atoms with Crippen LogP contribution in [0.15, 0.2) is 0 Å². The van der Waals surface area contributed by atoms with Crippen molar-refractivity contribution < 1.29 is 4.43 Å². The first-order valence-electron chi connectivity index (χ1n) is 4.09. The standard InChI is InChI=1S/C9H18OSi/c1-6-8-9(7-2)10-11(3,4)5/h9H,7H2,1-5H3. The van der Waals surface area contributed by atoms with Crippen molar-refractivity contribution in [2.45, 2.75) is 46.0 Å². The van der Waals surface area contributed by atoms with E-state index in [-0.39, 0.29) is 6.10 Å². The lowest BCUT2D eigenvalue weighted by Crippen LogP contribution is -2.30. The Labute approximate surface area is 71.3 Å². The topological polar surface area (TPSA) is 9.23 Å². The highest BCUT2D eigenvalue weighted by atomic mass is 28.4. The summed E-state index contributed by atoms with van der Waals surface area (Å²) in [5.74, 6) is 5.94. The van der Waals surface area contributed by atoms with Crippen LogP contribution in [0.5, 0.6) is 0 Å². The predicted molar refractivity (Wildman–Crippen MR) is 52.0 cm³/mol. The molecule has 0 heterocycles. The lowest BCUT2D eigenvalue weighted by atomic mass is 10.3. The summed E-state index contributed by atoms with van der Waals surface area (Å²) in [5, 5.41) is 0. The molecule has 64 valence electrons. The van der Waals surface area contributed by atoms with Gasteiger partial charge in [0, 0.05) is 0 Å². The second-order valence-electron chi connectivity index (χ2n) is 3.52. The first kappa shape index (κ1) is 10.7. The van der Waals surface area contributed by atoms with Gasteiger partial charge in [-0.1, -0.05) is 12.8 Å². The second kappa shape index (κ2) is 4.58. The summed E-state index contributed by atoms with van der Waals surface area (Å²) in [7, 11) is -1.38. The van der Waals surface area contributed by atoms with E-state index in [2.05, 4.69) is 38.4 Å². The third-order valence-electron chi connectivity index (χ3n) is 1.17. The van der Waals surface area contributed by atoms with Gasteiger partial charge in [0.25, 0.3) is 0 Å². The molecular formula is C9H18OSi. The predicted octanol–water partition coefficient (Wildman–Crippen LogP) is 2.64. The molecule has 11 heavy (non-hydrogen) atoms. The average molecular weight is 170 g/mol. The molecule has 0 saturated carbocycles. The van der Waals surface area contributed by atoms with Crippen LogP contribution < -0.4 is 0 Å². The molecule has 2 heteroatoms. The molecule has 0 fully saturated rings. The van der Waals surface area contributed by atoms with Crippen LogP contribution in [0.25, 0.3) is 0 Å². The Balaban J connectivity index is 3.95. The zero-order chi connectivity index (χ0) is 8.91. The van der Waals surface area contributed by atoms with E-state index in [1.54, 1.807) is 0 Å². The maximum atomic E-state index is 5.79. The highest BCUT2D eigenvalue weighted by molar-refractivity contribution is 6.69. The SMILES string of the molecule is CC#CC(CC)O[Si](C)(C)C. The van der Waals surface area contributed by atoms with Gasteiger partial charge in [0.1, 0.15) is 6.10 Å². The Kier molecular flexibility index (Phi) is 4.47. The van der Waals surface area contributed by atoms with Crippen LogP contribution in [0.2, 0.25) is 19.6 Å². The van der Waals surface area contributed by atoms with E-state index in [0.717, 1.165) is 6.42 Å². The highest BCUT2D eigenvalue weighted by Gasteiger charge is 2.18. The summed E-state index contributed by atoms with van der Waals surface area (Å²) >= 11 is 0. The molecule has 0 aliphatic heterocycles. The van der Waals surface area contributed by atoms with Gasteiger partial charge in [-0.05, 0) is 33.0 Å². The van der Waals surface area contributed by atoms with Crippen molar-refractivity contribution in [3.05, 3.63) is 0 Å². The lowest BCUT2D eigenvalue weighted by Gasteiger charge is -2.21. The van der Waals surface area contributed by atoms with Crippen molar-refractivity contribution in [3.8, 4) is 11.8 Å². The summed E-state index contributed by atoms with van der Waals surface area (Å²) in [6.45, 7) is 10.5. The molecular weight excluding hydrogens is 152 g/mol. The Morgan fingerprint density at radius 2 is 1.91 bits per heavy atom. The van der Waals surface area contributed by atoms with Crippen molar-refractivity contribution in [3.63, 3.8) is 0 Å². The molecule has 1 atom stereocenters. The molecule has 0 bridgehead atoms. The molecule has 1 unspecified atom stereocenters. The smallest absolute Gasteiger partial charge is 0.185 e. The Hall–Kier alpha value is -0.263. The molecule has 0 aromatic heterocycles. The molecule has 0 amide bonds. The molecule has 0 spiro atoms. The fourth-order valence-corrected chi connectivity index (χ4v) is 1.88. The molecule has 0 saturated heterocycles. The van der Waals surface area contributed by atoms with Crippen molar-refractivity contribution >= 4 is 8.32 Å². The zero-order valence-corrected chi connectivity index (χ0v) is 9.19. The Bertz CT molecular complexity index is 159. The summed E-state index contributed by atoms with van der Waals surface area (Å²) in [4.78, 5) is 0. The van der Waals surface area contributed by atoms with Gasteiger partial charge in [-0.3, -0.25) is 0 Å². The van der Waals surface area contributed by atoms with Gasteiger partial charge in [-0.2, -0.15) is 0 Å². The van der Waals surface area contributed by atoms with Gasteiger partial charge >= 0.3 is 0 Å². The minimum absolute atomic E-state index is 0.159. The Morgan fingerprint density at radius 3 is 2.18 bits per heavy atom. The van der Waals surface area contributed by atoms with E-state index >= 15 is 0 Å².